The molecule has 1 amide bonds. The number of aliphatic hydroxyl groups is 1. The summed E-state index contributed by atoms with van der Waals surface area (Å²) in [6, 6.07) is 17.0. The number of amides is 1. The molecule has 1 aliphatic rings. The third-order valence-corrected chi connectivity index (χ3v) is 6.30. The number of carbonyl (C=O) groups is 3. The molecule has 1 aliphatic heterocycles. The first-order valence-corrected chi connectivity index (χ1v) is 11.6. The van der Waals surface area contributed by atoms with Gasteiger partial charge in [0.2, 0.25) is 0 Å². The molecule has 1 atom stereocenters. The molecule has 3 aromatic carbocycles. The minimum Gasteiger partial charge on any atom is -0.507 e. The van der Waals surface area contributed by atoms with Gasteiger partial charge in [0.1, 0.15) is 23.0 Å². The topological polar surface area (TPSA) is 102 Å². The fraction of sp³-hybridized carbons (Fsp3) is 0.148. The molecule has 9 heteroatoms. The van der Waals surface area contributed by atoms with Crippen LogP contribution in [0.2, 0.25) is 0 Å². The zero-order valence-electron chi connectivity index (χ0n) is 19.7. The van der Waals surface area contributed by atoms with Gasteiger partial charge in [-0.25, -0.2) is 0 Å². The van der Waals surface area contributed by atoms with Crippen molar-refractivity contribution in [1.82, 2.24) is 0 Å². The van der Waals surface area contributed by atoms with Gasteiger partial charge in [0.25, 0.3) is 11.7 Å². The number of halogens is 1. The Labute approximate surface area is 215 Å². The minimum absolute atomic E-state index is 0.0758. The summed E-state index contributed by atoms with van der Waals surface area (Å²) in [5.74, 6) is -0.984. The van der Waals surface area contributed by atoms with Crippen LogP contribution < -0.4 is 19.1 Å². The molecule has 1 fully saturated rings. The van der Waals surface area contributed by atoms with Crippen molar-refractivity contribution in [1.29, 1.82) is 0 Å². The van der Waals surface area contributed by atoms with Gasteiger partial charge in [0.15, 0.2) is 0 Å². The van der Waals surface area contributed by atoms with Gasteiger partial charge in [-0.3, -0.25) is 19.3 Å². The van der Waals surface area contributed by atoms with E-state index < -0.39 is 23.7 Å². The van der Waals surface area contributed by atoms with Gasteiger partial charge in [-0.1, -0.05) is 12.1 Å². The highest BCUT2D eigenvalue weighted by Crippen LogP contribution is 2.43. The average Bonchev–Trinajstić information content (AvgIpc) is 3.14. The third-order valence-electron chi connectivity index (χ3n) is 5.68. The largest absolute Gasteiger partial charge is 0.507 e. The second-order valence-corrected chi connectivity index (χ2v) is 8.73. The van der Waals surface area contributed by atoms with Crippen molar-refractivity contribution in [3.05, 3.63) is 87.9 Å². The highest BCUT2D eigenvalue weighted by atomic mass is 79.9. The van der Waals surface area contributed by atoms with Gasteiger partial charge in [0, 0.05) is 18.2 Å². The van der Waals surface area contributed by atoms with Crippen LogP contribution >= 0.6 is 15.9 Å². The summed E-state index contributed by atoms with van der Waals surface area (Å²) in [4.78, 5) is 39.2. The lowest BCUT2D eigenvalue weighted by atomic mass is 9.95. The first-order valence-electron chi connectivity index (χ1n) is 10.8. The highest BCUT2D eigenvalue weighted by Gasteiger charge is 2.47. The van der Waals surface area contributed by atoms with Crippen LogP contribution in [0.1, 0.15) is 24.1 Å². The molecule has 0 aromatic heterocycles. The van der Waals surface area contributed by atoms with E-state index in [1.54, 1.807) is 66.7 Å². The molecule has 1 saturated heterocycles. The fourth-order valence-corrected chi connectivity index (χ4v) is 4.55. The van der Waals surface area contributed by atoms with E-state index >= 15 is 0 Å². The minimum atomic E-state index is -0.939. The number of rotatable bonds is 6. The Morgan fingerprint density at radius 3 is 2.11 bits per heavy atom. The maximum absolute atomic E-state index is 13.3. The number of hydrogen-bond donors (Lipinski definition) is 1. The molecular formula is C27H22BrNO7. The average molecular weight is 552 g/mol. The molecule has 36 heavy (non-hydrogen) atoms. The second-order valence-electron chi connectivity index (χ2n) is 7.88. The number of carbonyl (C=O) groups excluding carboxylic acids is 3. The first kappa shape index (κ1) is 25.0. The Bertz CT molecular complexity index is 1360. The molecular weight excluding hydrogens is 530 g/mol. The van der Waals surface area contributed by atoms with Crippen LogP contribution in [0.4, 0.5) is 5.69 Å². The van der Waals surface area contributed by atoms with Crippen LogP contribution in [-0.4, -0.2) is 37.0 Å². The molecule has 0 saturated carbocycles. The number of aliphatic hydroxyl groups excluding tert-OH is 1. The molecule has 0 radical (unpaired) electrons. The summed E-state index contributed by atoms with van der Waals surface area (Å²) in [7, 11) is 3.04. The highest BCUT2D eigenvalue weighted by molar-refractivity contribution is 9.10. The van der Waals surface area contributed by atoms with E-state index in [0.717, 1.165) is 0 Å². The summed E-state index contributed by atoms with van der Waals surface area (Å²) in [5.41, 5.74) is 1.24. The summed E-state index contributed by atoms with van der Waals surface area (Å²) in [6.45, 7) is 1.29. The quantitative estimate of drug-likeness (QED) is 0.151. The number of ketones is 1. The Morgan fingerprint density at radius 1 is 0.917 bits per heavy atom. The smallest absolute Gasteiger partial charge is 0.308 e. The van der Waals surface area contributed by atoms with E-state index in [1.165, 1.54) is 26.0 Å². The summed E-state index contributed by atoms with van der Waals surface area (Å²) < 4.78 is 16.1. The van der Waals surface area contributed by atoms with Crippen LogP contribution in [0.5, 0.6) is 17.2 Å². The number of anilines is 1. The zero-order chi connectivity index (χ0) is 26.0. The van der Waals surface area contributed by atoms with Gasteiger partial charge in [-0.2, -0.15) is 0 Å². The number of hydrogen-bond acceptors (Lipinski definition) is 7. The maximum Gasteiger partial charge on any atom is 0.308 e. The number of nitrogens with zero attached hydrogens (tertiary/aromatic N) is 1. The van der Waals surface area contributed by atoms with Crippen molar-refractivity contribution in [2.75, 3.05) is 19.1 Å². The van der Waals surface area contributed by atoms with Gasteiger partial charge in [0.05, 0.1) is 30.3 Å². The summed E-state index contributed by atoms with van der Waals surface area (Å²) in [6.07, 6.45) is 0. The van der Waals surface area contributed by atoms with E-state index in [2.05, 4.69) is 15.9 Å². The van der Waals surface area contributed by atoms with Crippen LogP contribution in [0.25, 0.3) is 5.76 Å². The van der Waals surface area contributed by atoms with E-state index in [0.29, 0.717) is 38.5 Å². The molecule has 8 nitrogen and oxygen atoms in total. The van der Waals surface area contributed by atoms with Crippen LogP contribution in [0, 0.1) is 0 Å². The molecule has 4 rings (SSSR count). The van der Waals surface area contributed by atoms with E-state index in [9.17, 15) is 19.5 Å². The molecule has 1 heterocycles. The standard InChI is InChI=1S/C27H22BrNO7/c1-15(30)36-20-9-4-16(5-10-20)24-23(25(31)17-6-13-22(35-3)21(28)14-17)26(32)27(33)29(24)18-7-11-19(34-2)12-8-18/h4-14,24,31H,1-3H3/b25-23-. The Hall–Kier alpha value is -4.11. The van der Waals surface area contributed by atoms with Gasteiger partial charge in [-0.15, -0.1) is 0 Å². The lowest BCUT2D eigenvalue weighted by Gasteiger charge is -2.25. The normalized spacial score (nSPS) is 16.7. The number of benzene rings is 3. The van der Waals surface area contributed by atoms with E-state index in [-0.39, 0.29) is 11.3 Å². The van der Waals surface area contributed by atoms with Gasteiger partial charge in [-0.05, 0) is 76.1 Å². The molecule has 0 spiro atoms. The maximum atomic E-state index is 13.3. The SMILES string of the molecule is COc1ccc(N2C(=O)C(=O)/C(=C(\O)c3ccc(OC)c(Br)c3)C2c2ccc(OC(C)=O)cc2)cc1. The van der Waals surface area contributed by atoms with Crippen LogP contribution in [-0.2, 0) is 14.4 Å². The lowest BCUT2D eigenvalue weighted by molar-refractivity contribution is -0.132. The fourth-order valence-electron chi connectivity index (χ4n) is 4.01. The van der Waals surface area contributed by atoms with Crippen molar-refractivity contribution in [3.8, 4) is 17.2 Å². The third kappa shape index (κ3) is 4.70. The van der Waals surface area contributed by atoms with E-state index in [4.69, 9.17) is 14.2 Å². The summed E-state index contributed by atoms with van der Waals surface area (Å²) in [5, 5.41) is 11.3. The molecule has 3 aromatic rings. The van der Waals surface area contributed by atoms with Crippen molar-refractivity contribution in [2.45, 2.75) is 13.0 Å². The van der Waals surface area contributed by atoms with Crippen molar-refractivity contribution in [2.24, 2.45) is 0 Å². The molecule has 184 valence electrons. The van der Waals surface area contributed by atoms with Crippen LogP contribution in [0.3, 0.4) is 0 Å². The monoisotopic (exact) mass is 551 g/mol. The Balaban J connectivity index is 1.89. The number of esters is 1. The van der Waals surface area contributed by atoms with Crippen LogP contribution in [0.15, 0.2) is 76.8 Å². The summed E-state index contributed by atoms with van der Waals surface area (Å²) >= 11 is 3.39. The Morgan fingerprint density at radius 2 is 1.56 bits per heavy atom. The molecule has 0 bridgehead atoms. The zero-order valence-corrected chi connectivity index (χ0v) is 21.2. The predicted octanol–water partition coefficient (Wildman–Crippen LogP) is 5.02. The lowest BCUT2D eigenvalue weighted by Crippen LogP contribution is -2.29. The Kier molecular flexibility index (Phi) is 7.12. The van der Waals surface area contributed by atoms with E-state index in [1.807, 2.05) is 0 Å². The van der Waals surface area contributed by atoms with Crippen molar-refractivity contribution < 1.29 is 33.7 Å². The second kappa shape index (κ2) is 10.2. The predicted molar refractivity (Wildman–Crippen MR) is 136 cm³/mol. The molecule has 1 N–H and O–H groups in total. The molecule has 1 unspecified atom stereocenters. The van der Waals surface area contributed by atoms with Crippen molar-refractivity contribution in [3.63, 3.8) is 0 Å². The number of Topliss-reactive ketones (excluding diaryl/α,β-unsaturated/α-hetero) is 1. The molecule has 0 aliphatic carbocycles. The van der Waals surface area contributed by atoms with Crippen molar-refractivity contribution >= 4 is 45.0 Å². The number of methoxy groups -OCH3 is 2. The number of ether oxygens (including phenoxy) is 3. The van der Waals surface area contributed by atoms with Gasteiger partial charge < -0.3 is 19.3 Å². The first-order chi connectivity index (χ1) is 17.2. The van der Waals surface area contributed by atoms with Gasteiger partial charge >= 0.3 is 5.97 Å².